The summed E-state index contributed by atoms with van der Waals surface area (Å²) >= 11 is 0. The van der Waals surface area contributed by atoms with Crippen molar-refractivity contribution in [1.82, 2.24) is 35.1 Å². The Bertz CT molecular complexity index is 2580. The summed E-state index contributed by atoms with van der Waals surface area (Å²) in [5.41, 5.74) is 10.1. The molecule has 0 radical (unpaired) electrons. The number of benzene rings is 3. The van der Waals surface area contributed by atoms with Gasteiger partial charge in [-0.2, -0.15) is 0 Å². The molecule has 3 heterocycles. The van der Waals surface area contributed by atoms with Gasteiger partial charge in [0.15, 0.2) is 0 Å². The van der Waals surface area contributed by atoms with Crippen LogP contribution in [0.4, 0.5) is 4.79 Å². The second-order valence-corrected chi connectivity index (χ2v) is 29.4. The molecule has 0 saturated carbocycles. The summed E-state index contributed by atoms with van der Waals surface area (Å²) in [5.74, 6) is 0.919. The lowest BCUT2D eigenvalue weighted by atomic mass is 9.63. The Morgan fingerprint density at radius 2 is 1.01 bits per heavy atom. The molecule has 4 amide bonds. The fourth-order valence-corrected chi connectivity index (χ4v) is 15.2. The number of rotatable bonds is 13. The molecule has 3 aliphatic heterocycles. The van der Waals surface area contributed by atoms with Crippen molar-refractivity contribution in [3.05, 3.63) is 106 Å². The van der Waals surface area contributed by atoms with Gasteiger partial charge >= 0.3 is 6.03 Å². The van der Waals surface area contributed by atoms with Crippen molar-refractivity contribution >= 4 is 23.6 Å². The molecule has 82 heavy (non-hydrogen) atoms. The average Bonchev–Trinajstić information content (AvgIpc) is 1.13. The molecule has 6 aliphatic rings. The summed E-state index contributed by atoms with van der Waals surface area (Å²) < 4.78 is 0. The van der Waals surface area contributed by atoms with E-state index in [4.69, 9.17) is 0 Å². The van der Waals surface area contributed by atoms with Crippen molar-refractivity contribution in [1.29, 1.82) is 0 Å². The van der Waals surface area contributed by atoms with Crippen molar-refractivity contribution in [3.8, 4) is 0 Å². The third-order valence-electron chi connectivity index (χ3n) is 20.1. The Morgan fingerprint density at radius 3 is 1.46 bits per heavy atom. The molecule has 11 nitrogen and oxygen atoms in total. The van der Waals surface area contributed by atoms with Gasteiger partial charge < -0.3 is 39.9 Å². The van der Waals surface area contributed by atoms with Gasteiger partial charge in [0.1, 0.15) is 5.78 Å². The molecule has 0 bridgehead atoms. The Morgan fingerprint density at radius 1 is 0.573 bits per heavy atom. The van der Waals surface area contributed by atoms with E-state index in [9.17, 15) is 19.2 Å². The number of piperidine rings is 3. The van der Waals surface area contributed by atoms with Crippen molar-refractivity contribution in [2.45, 2.75) is 226 Å². The third kappa shape index (κ3) is 16.9. The number of hydrogen-bond acceptors (Lipinski definition) is 7. The number of fused-ring (bicyclic) bond motifs is 6. The van der Waals surface area contributed by atoms with Crippen LogP contribution < -0.4 is 10.6 Å². The first-order valence-electron chi connectivity index (χ1n) is 32.2. The van der Waals surface area contributed by atoms with E-state index in [1.54, 1.807) is 18.7 Å². The molecular weight excluding hydrogens is 1010 g/mol. The zero-order valence-corrected chi connectivity index (χ0v) is 53.9. The largest absolute Gasteiger partial charge is 0.350 e. The van der Waals surface area contributed by atoms with Crippen LogP contribution in [0.2, 0.25) is 0 Å². The minimum atomic E-state index is -0.00653. The third-order valence-corrected chi connectivity index (χ3v) is 20.1. The van der Waals surface area contributed by atoms with Crippen LogP contribution in [0, 0.1) is 16.7 Å². The van der Waals surface area contributed by atoms with Crippen LogP contribution in [-0.2, 0) is 30.6 Å². The Balaban J connectivity index is 0.000000228. The van der Waals surface area contributed by atoms with Crippen LogP contribution in [0.15, 0.2) is 72.8 Å². The maximum Gasteiger partial charge on any atom is 0.319 e. The predicted molar refractivity (Wildman–Crippen MR) is 342 cm³/mol. The molecule has 3 aromatic carbocycles. The van der Waals surface area contributed by atoms with Gasteiger partial charge in [0, 0.05) is 49.8 Å². The lowest BCUT2D eigenvalue weighted by Gasteiger charge is -2.49. The summed E-state index contributed by atoms with van der Waals surface area (Å²) in [5, 5.41) is 6.36. The van der Waals surface area contributed by atoms with E-state index in [1.165, 1.54) is 156 Å². The first-order valence-corrected chi connectivity index (χ1v) is 32.2. The molecular formula is C71H115N7O4. The van der Waals surface area contributed by atoms with Gasteiger partial charge in [-0.1, -0.05) is 128 Å². The maximum absolute atomic E-state index is 12.5. The fraction of sp³-hybridized carbons (Fsp3) is 0.690. The zero-order chi connectivity index (χ0) is 59.6. The second kappa shape index (κ2) is 28.1. The Hall–Kier alpha value is -4.58. The first kappa shape index (κ1) is 65.0. The van der Waals surface area contributed by atoms with E-state index < -0.39 is 0 Å². The van der Waals surface area contributed by atoms with E-state index in [2.05, 4.69) is 160 Å². The SMILES string of the molecule is CC(=O)CCC(=O)N[C@@H]1CCC2(CCN(CCC(C)(C)C)CC2)c2ccccc21.CC(=O)N[C@H]1CCC2(CCN(C(C)CC(C)(C)C)CC2)c2ccccc21.CC(C)CCN1CCC2(CC[C@H](N(C)C(=O)N(C)C)c3ccccc32)CC1.[HH].[HH]. The highest BCUT2D eigenvalue weighted by molar-refractivity contribution is 5.83. The zero-order valence-electron chi connectivity index (χ0n) is 53.9. The highest BCUT2D eigenvalue weighted by Crippen LogP contribution is 2.51. The van der Waals surface area contributed by atoms with Crippen LogP contribution >= 0.6 is 0 Å². The van der Waals surface area contributed by atoms with E-state index in [0.717, 1.165) is 31.6 Å². The number of amides is 4. The van der Waals surface area contributed by atoms with Gasteiger partial charge in [-0.25, -0.2) is 4.79 Å². The van der Waals surface area contributed by atoms with Gasteiger partial charge in [-0.15, -0.1) is 0 Å². The van der Waals surface area contributed by atoms with E-state index in [0.29, 0.717) is 40.5 Å². The summed E-state index contributed by atoms with van der Waals surface area (Å²) in [6, 6.07) is 27.7. The fourth-order valence-electron chi connectivity index (χ4n) is 15.2. The van der Waals surface area contributed by atoms with Gasteiger partial charge in [0.2, 0.25) is 11.8 Å². The number of nitrogens with one attached hydrogen (secondary N) is 2. The minimum absolute atomic E-state index is 0. The number of Topliss-reactive ketones (excluding diaryl/α,β-unsaturated/α-hetero) is 1. The van der Waals surface area contributed by atoms with E-state index in [1.807, 2.05) is 26.0 Å². The number of urea groups is 1. The molecule has 9 rings (SSSR count). The smallest absolute Gasteiger partial charge is 0.319 e. The number of carbonyl (C=O) groups is 4. The number of carbonyl (C=O) groups excluding carboxylic acids is 4. The van der Waals surface area contributed by atoms with Crippen molar-refractivity contribution in [3.63, 3.8) is 0 Å². The van der Waals surface area contributed by atoms with Crippen LogP contribution in [0.25, 0.3) is 0 Å². The van der Waals surface area contributed by atoms with Crippen molar-refractivity contribution in [2.24, 2.45) is 16.7 Å². The molecule has 3 spiro atoms. The van der Waals surface area contributed by atoms with E-state index in [-0.39, 0.29) is 50.0 Å². The van der Waals surface area contributed by atoms with Gasteiger partial charge in [-0.3, -0.25) is 9.59 Å². The molecule has 3 fully saturated rings. The number of likely N-dealkylation sites (tertiary alicyclic amines) is 3. The Labute approximate surface area is 500 Å². The number of ketones is 1. The van der Waals surface area contributed by atoms with Crippen LogP contribution in [-0.4, -0.2) is 128 Å². The topological polar surface area (TPSA) is 109 Å². The normalized spacial score (nSPS) is 22.5. The number of nitrogens with zero attached hydrogens (tertiary/aromatic N) is 5. The molecule has 2 N–H and O–H groups in total. The molecule has 3 saturated heterocycles. The molecule has 458 valence electrons. The predicted octanol–water partition coefficient (Wildman–Crippen LogP) is 14.6. The molecule has 0 aromatic heterocycles. The summed E-state index contributed by atoms with van der Waals surface area (Å²) in [6.45, 7) is 33.7. The molecule has 4 atom stereocenters. The van der Waals surface area contributed by atoms with Gasteiger partial charge in [-0.05, 0) is 229 Å². The summed E-state index contributed by atoms with van der Waals surface area (Å²) in [7, 11) is 5.63. The van der Waals surface area contributed by atoms with Gasteiger partial charge in [0.25, 0.3) is 0 Å². The summed E-state index contributed by atoms with van der Waals surface area (Å²) in [4.78, 5) is 59.2. The first-order chi connectivity index (χ1) is 38.7. The number of hydrogen-bond donors (Lipinski definition) is 2. The molecule has 1 unspecified atom stereocenters. The lowest BCUT2D eigenvalue weighted by molar-refractivity contribution is -0.125. The van der Waals surface area contributed by atoms with Gasteiger partial charge in [0.05, 0.1) is 18.1 Å². The monoisotopic (exact) mass is 1130 g/mol. The van der Waals surface area contributed by atoms with Crippen LogP contribution in [0.3, 0.4) is 0 Å². The summed E-state index contributed by atoms with van der Waals surface area (Å²) in [6.07, 6.45) is 18.4. The van der Waals surface area contributed by atoms with Crippen LogP contribution in [0.1, 0.15) is 240 Å². The highest BCUT2D eigenvalue weighted by atomic mass is 16.2. The quantitative estimate of drug-likeness (QED) is 0.175. The average molecular weight is 1130 g/mol. The lowest BCUT2D eigenvalue weighted by Crippen LogP contribution is -2.49. The maximum atomic E-state index is 12.5. The molecule has 3 aliphatic carbocycles. The second-order valence-electron chi connectivity index (χ2n) is 29.4. The van der Waals surface area contributed by atoms with E-state index >= 15 is 0 Å². The minimum Gasteiger partial charge on any atom is -0.350 e. The molecule has 11 heteroatoms. The van der Waals surface area contributed by atoms with Crippen molar-refractivity contribution < 1.29 is 22.0 Å². The standard InChI is InChI=1S/C25H38N2O2.C23H37N3O.C23H36N2O.2H2/c1-19(28)9-10-23(29)26-22-11-12-25(21-8-6-5-7-20(21)22)14-17-27(18-15-25)16-13-24(2,3)4;1-18(2)11-15-26-16-13-23(14-17-26)12-10-21(25(5)22(27)24(3)4)19-8-6-7-9-20(19)23;1-17(16-22(3,4)5)25-14-12-23(13-15-25)11-10-21(24-18(2)26)19-8-6-7-9-20(19)23;;/h5-8,22H,9-18H2,1-4H3,(H,26,29);6-9,18,21H,10-17H2,1-5H3;6-9,17,21H,10-16H2,1-5H3,(H,24,26);2*1H/t22-;21-;17?,21-;;/m100../s1. The molecule has 3 aromatic rings. The Kier molecular flexibility index (Phi) is 22.2. The highest BCUT2D eigenvalue weighted by Gasteiger charge is 2.46. The van der Waals surface area contributed by atoms with Crippen LogP contribution in [0.5, 0.6) is 0 Å². The van der Waals surface area contributed by atoms with Crippen molar-refractivity contribution in [2.75, 3.05) is 73.5 Å².